The van der Waals surface area contributed by atoms with Crippen LogP contribution in [0, 0.1) is 6.92 Å². The molecule has 0 unspecified atom stereocenters. The summed E-state index contributed by atoms with van der Waals surface area (Å²) in [5.74, 6) is -0.383. The zero-order valence-corrected chi connectivity index (χ0v) is 19.4. The number of nitrogens with zero attached hydrogens (tertiary/aromatic N) is 3. The maximum atomic E-state index is 13.3. The maximum absolute atomic E-state index is 13.3. The van der Waals surface area contributed by atoms with E-state index in [2.05, 4.69) is 10.4 Å². The molecule has 0 spiro atoms. The molecule has 0 fully saturated rings. The predicted molar refractivity (Wildman–Crippen MR) is 127 cm³/mol. The zero-order valence-electron chi connectivity index (χ0n) is 17.8. The normalized spacial score (nSPS) is 11.6. The van der Waals surface area contributed by atoms with Crippen LogP contribution in [-0.2, 0) is 10.0 Å². The van der Waals surface area contributed by atoms with Crippen molar-refractivity contribution in [3.63, 3.8) is 0 Å². The molecule has 4 rings (SSSR count). The van der Waals surface area contributed by atoms with Gasteiger partial charge in [-0.2, -0.15) is 5.10 Å². The van der Waals surface area contributed by atoms with Gasteiger partial charge in [0.05, 0.1) is 15.5 Å². The van der Waals surface area contributed by atoms with Gasteiger partial charge in [0.2, 0.25) is 10.0 Å². The average molecular weight is 467 g/mol. The number of rotatable bonds is 6. The van der Waals surface area contributed by atoms with E-state index in [1.54, 1.807) is 16.8 Å². The van der Waals surface area contributed by atoms with Crippen LogP contribution in [-0.4, -0.2) is 42.5 Å². The SMILES string of the molecule is Cc1ccc(S(=O)(=O)N(C)C)cc1NC(=O)c1cc(-c2cccs2)nn1-c1ccccc1. The molecule has 1 N–H and O–H groups in total. The second-order valence-corrected chi connectivity index (χ2v) is 10.5. The Morgan fingerprint density at radius 2 is 1.78 bits per heavy atom. The lowest BCUT2D eigenvalue weighted by Gasteiger charge is -2.15. The molecule has 2 heterocycles. The summed E-state index contributed by atoms with van der Waals surface area (Å²) in [6.07, 6.45) is 0. The number of benzene rings is 2. The molecule has 0 aliphatic heterocycles. The first-order chi connectivity index (χ1) is 15.3. The molecule has 164 valence electrons. The molecular weight excluding hydrogens is 444 g/mol. The molecule has 0 aliphatic rings. The Labute approximate surface area is 191 Å². The minimum Gasteiger partial charge on any atom is -0.320 e. The number of thiophene rings is 1. The second-order valence-electron chi connectivity index (χ2n) is 7.36. The molecule has 2 aromatic carbocycles. The van der Waals surface area contributed by atoms with Gasteiger partial charge in [0.15, 0.2) is 0 Å². The van der Waals surface area contributed by atoms with Gasteiger partial charge in [-0.3, -0.25) is 4.79 Å². The van der Waals surface area contributed by atoms with Crippen molar-refractivity contribution in [1.82, 2.24) is 14.1 Å². The molecular formula is C23H22N4O3S2. The molecule has 32 heavy (non-hydrogen) atoms. The highest BCUT2D eigenvalue weighted by molar-refractivity contribution is 7.89. The van der Waals surface area contributed by atoms with Crippen LogP contribution in [0.25, 0.3) is 16.3 Å². The van der Waals surface area contributed by atoms with Crippen molar-refractivity contribution in [2.45, 2.75) is 11.8 Å². The van der Waals surface area contributed by atoms with E-state index >= 15 is 0 Å². The third kappa shape index (κ3) is 4.22. The minimum atomic E-state index is -3.63. The number of anilines is 1. The van der Waals surface area contributed by atoms with Gasteiger partial charge in [0.25, 0.3) is 5.91 Å². The smallest absolute Gasteiger partial charge is 0.274 e. The minimum absolute atomic E-state index is 0.110. The van der Waals surface area contributed by atoms with Crippen molar-refractivity contribution in [1.29, 1.82) is 0 Å². The Morgan fingerprint density at radius 3 is 2.44 bits per heavy atom. The van der Waals surface area contributed by atoms with Crippen LogP contribution in [0.3, 0.4) is 0 Å². The fourth-order valence-electron chi connectivity index (χ4n) is 3.15. The summed E-state index contributed by atoms with van der Waals surface area (Å²) in [5, 5.41) is 9.47. The molecule has 4 aromatic rings. The number of hydrogen-bond donors (Lipinski definition) is 1. The lowest BCUT2D eigenvalue weighted by molar-refractivity contribution is 0.101. The molecule has 9 heteroatoms. The van der Waals surface area contributed by atoms with Crippen LogP contribution < -0.4 is 5.32 Å². The van der Waals surface area contributed by atoms with Crippen LogP contribution >= 0.6 is 11.3 Å². The highest BCUT2D eigenvalue weighted by atomic mass is 32.2. The molecule has 0 aliphatic carbocycles. The highest BCUT2D eigenvalue weighted by Crippen LogP contribution is 2.27. The average Bonchev–Trinajstić information content (AvgIpc) is 3.45. The summed E-state index contributed by atoms with van der Waals surface area (Å²) < 4.78 is 27.8. The van der Waals surface area contributed by atoms with Crippen molar-refractivity contribution in [2.24, 2.45) is 0 Å². The van der Waals surface area contributed by atoms with E-state index < -0.39 is 10.0 Å². The fraction of sp³-hybridized carbons (Fsp3) is 0.130. The number of para-hydroxylation sites is 1. The van der Waals surface area contributed by atoms with Gasteiger partial charge in [-0.05, 0) is 54.3 Å². The fourth-order valence-corrected chi connectivity index (χ4v) is 4.76. The lowest BCUT2D eigenvalue weighted by Crippen LogP contribution is -2.23. The molecule has 1 amide bonds. The first kappa shape index (κ1) is 21.9. The summed E-state index contributed by atoms with van der Waals surface area (Å²) in [5.41, 5.74) is 2.97. The van der Waals surface area contributed by atoms with Crippen molar-refractivity contribution in [2.75, 3.05) is 19.4 Å². The van der Waals surface area contributed by atoms with E-state index in [1.165, 1.54) is 37.6 Å². The summed E-state index contributed by atoms with van der Waals surface area (Å²) in [4.78, 5) is 14.4. The predicted octanol–water partition coefficient (Wildman–Crippen LogP) is 4.41. The van der Waals surface area contributed by atoms with E-state index in [-0.39, 0.29) is 10.8 Å². The van der Waals surface area contributed by atoms with E-state index in [9.17, 15) is 13.2 Å². The molecule has 7 nitrogen and oxygen atoms in total. The molecule has 0 radical (unpaired) electrons. The molecule has 0 saturated carbocycles. The summed E-state index contributed by atoms with van der Waals surface area (Å²) in [6.45, 7) is 1.81. The summed E-state index contributed by atoms with van der Waals surface area (Å²) >= 11 is 1.54. The van der Waals surface area contributed by atoms with Gasteiger partial charge in [-0.25, -0.2) is 17.4 Å². The number of carbonyl (C=O) groups excluding carboxylic acids is 1. The van der Waals surface area contributed by atoms with Crippen molar-refractivity contribution in [3.8, 4) is 16.3 Å². The second kappa shape index (κ2) is 8.70. The number of hydrogen-bond acceptors (Lipinski definition) is 5. The monoisotopic (exact) mass is 466 g/mol. The Hall–Kier alpha value is -3.27. The van der Waals surface area contributed by atoms with Gasteiger partial charge >= 0.3 is 0 Å². The van der Waals surface area contributed by atoms with Crippen LogP contribution in [0.5, 0.6) is 0 Å². The Balaban J connectivity index is 1.74. The number of sulfonamides is 1. The molecule has 2 aromatic heterocycles. The molecule has 0 saturated heterocycles. The van der Waals surface area contributed by atoms with Gasteiger partial charge in [0.1, 0.15) is 11.4 Å². The van der Waals surface area contributed by atoms with Crippen LogP contribution in [0.15, 0.2) is 77.0 Å². The lowest BCUT2D eigenvalue weighted by atomic mass is 10.2. The van der Waals surface area contributed by atoms with E-state index in [0.29, 0.717) is 17.1 Å². The van der Waals surface area contributed by atoms with Gasteiger partial charge in [0, 0.05) is 19.8 Å². The first-order valence-corrected chi connectivity index (χ1v) is 12.1. The quantitative estimate of drug-likeness (QED) is 0.456. The molecule has 0 atom stereocenters. The third-order valence-corrected chi connectivity index (χ3v) is 7.66. The van der Waals surface area contributed by atoms with Crippen LogP contribution in [0.4, 0.5) is 5.69 Å². The topological polar surface area (TPSA) is 84.3 Å². The summed E-state index contributed by atoms with van der Waals surface area (Å²) in [6, 6.07) is 19.7. The number of aryl methyl sites for hydroxylation is 1. The van der Waals surface area contributed by atoms with E-state index in [4.69, 9.17) is 0 Å². The van der Waals surface area contributed by atoms with Gasteiger partial charge in [-0.1, -0.05) is 30.3 Å². The first-order valence-electron chi connectivity index (χ1n) is 9.81. The van der Waals surface area contributed by atoms with Crippen molar-refractivity contribution in [3.05, 3.63) is 83.4 Å². The van der Waals surface area contributed by atoms with E-state index in [0.717, 1.165) is 20.4 Å². The number of aromatic nitrogens is 2. The Bertz CT molecular complexity index is 1360. The van der Waals surface area contributed by atoms with Crippen molar-refractivity contribution >= 4 is 33.0 Å². The Kier molecular flexibility index (Phi) is 5.96. The molecule has 0 bridgehead atoms. The Morgan fingerprint density at radius 1 is 1.03 bits per heavy atom. The number of nitrogens with one attached hydrogen (secondary N) is 1. The standard InChI is InChI=1S/C23H22N4O3S2/c1-16-11-12-18(32(29,30)26(2)3)14-19(16)24-23(28)21-15-20(22-10-7-13-31-22)25-27(21)17-8-5-4-6-9-17/h4-15H,1-3H3,(H,24,28). The zero-order chi connectivity index (χ0) is 22.9. The van der Waals surface area contributed by atoms with E-state index in [1.807, 2.05) is 54.8 Å². The maximum Gasteiger partial charge on any atom is 0.274 e. The van der Waals surface area contributed by atoms with Gasteiger partial charge in [-0.15, -0.1) is 11.3 Å². The highest BCUT2D eigenvalue weighted by Gasteiger charge is 2.21. The number of amides is 1. The number of carbonyl (C=O) groups is 1. The largest absolute Gasteiger partial charge is 0.320 e. The van der Waals surface area contributed by atoms with Crippen LogP contribution in [0.2, 0.25) is 0 Å². The third-order valence-electron chi connectivity index (χ3n) is 4.95. The van der Waals surface area contributed by atoms with Gasteiger partial charge < -0.3 is 5.32 Å². The summed E-state index contributed by atoms with van der Waals surface area (Å²) in [7, 11) is -0.687. The van der Waals surface area contributed by atoms with Crippen molar-refractivity contribution < 1.29 is 13.2 Å². The van der Waals surface area contributed by atoms with Crippen LogP contribution in [0.1, 0.15) is 16.1 Å².